The predicted molar refractivity (Wildman–Crippen MR) is 140 cm³/mol. The molecule has 0 fully saturated rings. The molecule has 1 aliphatic rings. The van der Waals surface area contributed by atoms with Crippen LogP contribution in [0.25, 0.3) is 15.9 Å². The summed E-state index contributed by atoms with van der Waals surface area (Å²) in [7, 11) is 0. The standard InChI is InChI=1S/C26H24ClN3O4S/c1-2-34-19-12-10-18(11-13-19)30-24(32)23-20-8-3-4-9-21(20)35-25(23)29(26(30)33)15-22(31)28-17-7-5-6-16(27)14-17/h5-7,10-14H,2-4,8-9,15H2,1H3,(H,28,31). The fourth-order valence-corrected chi connectivity index (χ4v) is 6.07. The Bertz CT molecular complexity index is 1540. The van der Waals surface area contributed by atoms with Crippen molar-refractivity contribution in [3.05, 3.63) is 84.8 Å². The Morgan fingerprint density at radius 2 is 1.89 bits per heavy atom. The summed E-state index contributed by atoms with van der Waals surface area (Å²) in [6.45, 7) is 2.18. The SMILES string of the molecule is CCOc1ccc(-n2c(=O)c3c4c(sc3n(CC(=O)Nc3cccc(Cl)c3)c2=O)CCCC4)cc1. The van der Waals surface area contributed by atoms with Crippen molar-refractivity contribution >= 4 is 44.7 Å². The minimum Gasteiger partial charge on any atom is -0.494 e. The molecule has 35 heavy (non-hydrogen) atoms. The van der Waals surface area contributed by atoms with E-state index in [1.54, 1.807) is 48.5 Å². The molecule has 0 saturated heterocycles. The minimum atomic E-state index is -0.550. The van der Waals surface area contributed by atoms with Crippen molar-refractivity contribution < 1.29 is 9.53 Å². The van der Waals surface area contributed by atoms with Gasteiger partial charge in [0.1, 0.15) is 17.1 Å². The molecule has 0 spiro atoms. The molecule has 5 rings (SSSR count). The van der Waals surface area contributed by atoms with Gasteiger partial charge in [-0.05, 0) is 80.6 Å². The van der Waals surface area contributed by atoms with Gasteiger partial charge < -0.3 is 10.1 Å². The second kappa shape index (κ2) is 9.71. The Morgan fingerprint density at radius 3 is 2.63 bits per heavy atom. The molecule has 4 aromatic rings. The Hall–Kier alpha value is -3.36. The van der Waals surface area contributed by atoms with Crippen LogP contribution in [0.15, 0.2) is 58.1 Å². The molecule has 0 radical (unpaired) electrons. The van der Waals surface area contributed by atoms with Crippen LogP contribution < -0.4 is 21.3 Å². The molecular formula is C26H24ClN3O4S. The predicted octanol–water partition coefficient (Wildman–Crippen LogP) is 4.78. The lowest BCUT2D eigenvalue weighted by molar-refractivity contribution is -0.116. The molecule has 0 bridgehead atoms. The second-order valence-electron chi connectivity index (χ2n) is 8.39. The molecule has 0 unspecified atom stereocenters. The molecule has 2 heterocycles. The van der Waals surface area contributed by atoms with Crippen LogP contribution in [-0.4, -0.2) is 21.6 Å². The van der Waals surface area contributed by atoms with E-state index < -0.39 is 5.69 Å². The zero-order valence-electron chi connectivity index (χ0n) is 19.2. The number of anilines is 1. The van der Waals surface area contributed by atoms with Gasteiger partial charge in [0.15, 0.2) is 0 Å². The minimum absolute atomic E-state index is 0.224. The number of carbonyl (C=O) groups excluding carboxylic acids is 1. The van der Waals surface area contributed by atoms with Gasteiger partial charge in [-0.15, -0.1) is 11.3 Å². The number of nitrogens with zero attached hydrogens (tertiary/aromatic N) is 2. The average Bonchev–Trinajstić information content (AvgIpc) is 3.23. The van der Waals surface area contributed by atoms with Gasteiger partial charge in [-0.1, -0.05) is 17.7 Å². The van der Waals surface area contributed by atoms with Crippen LogP contribution in [0, 0.1) is 0 Å². The van der Waals surface area contributed by atoms with Gasteiger partial charge in [0.25, 0.3) is 5.56 Å². The number of ether oxygens (including phenoxy) is 1. The third-order valence-corrected chi connectivity index (χ3v) is 7.60. The molecular weight excluding hydrogens is 486 g/mol. The van der Waals surface area contributed by atoms with Crippen molar-refractivity contribution in [3.63, 3.8) is 0 Å². The molecule has 180 valence electrons. The van der Waals surface area contributed by atoms with Crippen LogP contribution in [0.5, 0.6) is 5.75 Å². The van der Waals surface area contributed by atoms with Gasteiger partial charge in [0.05, 0.1) is 17.7 Å². The van der Waals surface area contributed by atoms with Gasteiger partial charge >= 0.3 is 5.69 Å². The Labute approximate surface area is 210 Å². The third-order valence-electron chi connectivity index (χ3n) is 6.05. The largest absolute Gasteiger partial charge is 0.494 e. The number of thiophene rings is 1. The smallest absolute Gasteiger partial charge is 0.337 e. The molecule has 0 atom stereocenters. The van der Waals surface area contributed by atoms with Crippen molar-refractivity contribution in [3.8, 4) is 11.4 Å². The molecule has 1 N–H and O–H groups in total. The van der Waals surface area contributed by atoms with Crippen LogP contribution in [0.4, 0.5) is 5.69 Å². The Morgan fingerprint density at radius 1 is 1.11 bits per heavy atom. The molecule has 0 saturated carbocycles. The number of nitrogens with one attached hydrogen (secondary N) is 1. The number of halogens is 1. The van der Waals surface area contributed by atoms with E-state index in [-0.39, 0.29) is 18.0 Å². The quantitative estimate of drug-likeness (QED) is 0.405. The zero-order chi connectivity index (χ0) is 24.5. The summed E-state index contributed by atoms with van der Waals surface area (Å²) in [5.41, 5.74) is 1.08. The summed E-state index contributed by atoms with van der Waals surface area (Å²) in [4.78, 5) is 42.0. The highest BCUT2D eigenvalue weighted by Gasteiger charge is 2.25. The number of aromatic nitrogens is 2. The lowest BCUT2D eigenvalue weighted by Crippen LogP contribution is -2.40. The first kappa shape index (κ1) is 23.4. The molecule has 1 amide bonds. The van der Waals surface area contributed by atoms with Crippen molar-refractivity contribution in [2.75, 3.05) is 11.9 Å². The molecule has 2 aromatic carbocycles. The van der Waals surface area contributed by atoms with Gasteiger partial charge in [-0.3, -0.25) is 14.2 Å². The normalized spacial score (nSPS) is 13.0. The van der Waals surface area contributed by atoms with Crippen LogP contribution in [0.3, 0.4) is 0 Å². The first-order valence-corrected chi connectivity index (χ1v) is 12.7. The van der Waals surface area contributed by atoms with E-state index in [1.807, 2.05) is 6.92 Å². The molecule has 9 heteroatoms. The van der Waals surface area contributed by atoms with Gasteiger partial charge in [0, 0.05) is 15.6 Å². The second-order valence-corrected chi connectivity index (χ2v) is 9.91. The van der Waals surface area contributed by atoms with E-state index in [1.165, 1.54) is 15.9 Å². The number of hydrogen-bond donors (Lipinski definition) is 1. The first-order valence-electron chi connectivity index (χ1n) is 11.5. The molecule has 1 aliphatic carbocycles. The number of benzene rings is 2. The lowest BCUT2D eigenvalue weighted by atomic mass is 9.97. The van der Waals surface area contributed by atoms with E-state index in [4.69, 9.17) is 16.3 Å². The third kappa shape index (κ3) is 4.51. The average molecular weight is 510 g/mol. The molecule has 7 nitrogen and oxygen atoms in total. The van der Waals surface area contributed by atoms with Crippen LogP contribution in [-0.2, 0) is 24.2 Å². The van der Waals surface area contributed by atoms with E-state index >= 15 is 0 Å². The highest BCUT2D eigenvalue weighted by atomic mass is 35.5. The monoisotopic (exact) mass is 509 g/mol. The van der Waals surface area contributed by atoms with Crippen molar-refractivity contribution in [1.82, 2.24) is 9.13 Å². The summed E-state index contributed by atoms with van der Waals surface area (Å²) in [5, 5.41) is 3.83. The number of aryl methyl sites for hydroxylation is 2. The van der Waals surface area contributed by atoms with Gasteiger partial charge in [-0.25, -0.2) is 9.36 Å². The van der Waals surface area contributed by atoms with Crippen molar-refractivity contribution in [2.24, 2.45) is 0 Å². The topological polar surface area (TPSA) is 82.3 Å². The summed E-state index contributed by atoms with van der Waals surface area (Å²) in [5.74, 6) is 0.276. The maximum atomic E-state index is 13.7. The highest BCUT2D eigenvalue weighted by molar-refractivity contribution is 7.18. The van der Waals surface area contributed by atoms with Crippen molar-refractivity contribution in [2.45, 2.75) is 39.2 Å². The van der Waals surface area contributed by atoms with Gasteiger partial charge in [0.2, 0.25) is 5.91 Å². The fraction of sp³-hybridized carbons (Fsp3) is 0.269. The fourth-order valence-electron chi connectivity index (χ4n) is 4.50. The van der Waals surface area contributed by atoms with Crippen LogP contribution in [0.2, 0.25) is 5.02 Å². The first-order chi connectivity index (χ1) is 17.0. The number of hydrogen-bond acceptors (Lipinski definition) is 5. The Balaban J connectivity index is 1.64. The number of fused-ring (bicyclic) bond motifs is 3. The zero-order valence-corrected chi connectivity index (χ0v) is 20.7. The van der Waals surface area contributed by atoms with Crippen LogP contribution >= 0.6 is 22.9 Å². The highest BCUT2D eigenvalue weighted by Crippen LogP contribution is 2.34. The van der Waals surface area contributed by atoms with E-state index in [0.717, 1.165) is 40.7 Å². The van der Waals surface area contributed by atoms with E-state index in [2.05, 4.69) is 5.32 Å². The maximum absolute atomic E-state index is 13.7. The lowest BCUT2D eigenvalue weighted by Gasteiger charge is -2.14. The molecule has 0 aliphatic heterocycles. The van der Waals surface area contributed by atoms with E-state index in [0.29, 0.717) is 39.0 Å². The number of carbonyl (C=O) groups is 1. The number of amides is 1. The van der Waals surface area contributed by atoms with Crippen LogP contribution in [0.1, 0.15) is 30.2 Å². The number of rotatable bonds is 6. The maximum Gasteiger partial charge on any atom is 0.337 e. The molecule has 2 aromatic heterocycles. The summed E-state index contributed by atoms with van der Waals surface area (Å²) >= 11 is 7.48. The van der Waals surface area contributed by atoms with Gasteiger partial charge in [-0.2, -0.15) is 0 Å². The van der Waals surface area contributed by atoms with E-state index in [9.17, 15) is 14.4 Å². The van der Waals surface area contributed by atoms with Crippen molar-refractivity contribution in [1.29, 1.82) is 0 Å². The summed E-state index contributed by atoms with van der Waals surface area (Å²) < 4.78 is 8.07. The Kier molecular flexibility index (Phi) is 6.49. The summed E-state index contributed by atoms with van der Waals surface area (Å²) in [6.07, 6.45) is 3.71. The summed E-state index contributed by atoms with van der Waals surface area (Å²) in [6, 6.07) is 13.7.